The zero-order valence-corrected chi connectivity index (χ0v) is 20.0. The summed E-state index contributed by atoms with van der Waals surface area (Å²) in [6, 6.07) is 7.10. The molecule has 0 aliphatic carbocycles. The Morgan fingerprint density at radius 1 is 1.20 bits per heavy atom. The summed E-state index contributed by atoms with van der Waals surface area (Å²) in [6.45, 7) is 3.12. The molecule has 2 aliphatic heterocycles. The predicted molar refractivity (Wildman–Crippen MR) is 125 cm³/mol. The second-order valence-corrected chi connectivity index (χ2v) is 9.90. The largest absolute Gasteiger partial charge is 0.493 e. The fourth-order valence-electron chi connectivity index (χ4n) is 4.44. The first kappa shape index (κ1) is 23.1. The summed E-state index contributed by atoms with van der Waals surface area (Å²) in [5.74, 6) is 1.79. The zero-order valence-electron chi connectivity index (χ0n) is 19.2. The number of anilines is 1. The lowest BCUT2D eigenvalue weighted by atomic mass is 9.96. The van der Waals surface area contributed by atoms with E-state index in [1.807, 2.05) is 35.2 Å². The SMILES string of the molecule is CS(=O)(=O)O.Cc1cc(-c2cc3c(n4cnnc24)NCc2c(F)ccc4c2[C@@H](CO4)CO3)n(C)n1. The Balaban J connectivity index is 0.000000464. The smallest absolute Gasteiger partial charge is 0.261 e. The van der Waals surface area contributed by atoms with Crippen molar-refractivity contribution in [2.24, 2.45) is 7.05 Å². The molecule has 13 heteroatoms. The molecule has 0 bridgehead atoms. The van der Waals surface area contributed by atoms with E-state index in [4.69, 9.17) is 14.0 Å². The van der Waals surface area contributed by atoms with Crippen molar-refractivity contribution in [3.05, 3.63) is 53.2 Å². The second-order valence-electron chi connectivity index (χ2n) is 8.43. The molecule has 0 spiro atoms. The molecule has 11 nitrogen and oxygen atoms in total. The molecule has 2 aliphatic rings. The number of rotatable bonds is 1. The molecule has 3 aromatic heterocycles. The molecule has 0 fully saturated rings. The van der Waals surface area contributed by atoms with Gasteiger partial charge in [-0.1, -0.05) is 0 Å². The third-order valence-corrected chi connectivity index (χ3v) is 5.80. The van der Waals surface area contributed by atoms with Crippen molar-refractivity contribution in [1.82, 2.24) is 24.4 Å². The Labute approximate surface area is 200 Å². The highest BCUT2D eigenvalue weighted by Crippen LogP contribution is 2.41. The number of hydrogen-bond donors (Lipinski definition) is 2. The maximum atomic E-state index is 14.7. The Bertz CT molecular complexity index is 1540. The minimum absolute atomic E-state index is 0.0301. The molecular formula is C22H23FN6O5S. The van der Waals surface area contributed by atoms with Gasteiger partial charge >= 0.3 is 0 Å². The highest BCUT2D eigenvalue weighted by molar-refractivity contribution is 7.85. The topological polar surface area (TPSA) is 133 Å². The van der Waals surface area contributed by atoms with Crippen LogP contribution in [0.3, 0.4) is 0 Å². The molecule has 1 atom stereocenters. The summed E-state index contributed by atoms with van der Waals surface area (Å²) in [5, 5.41) is 16.2. The number of nitrogens with zero attached hydrogens (tertiary/aromatic N) is 5. The summed E-state index contributed by atoms with van der Waals surface area (Å²) in [5.41, 5.74) is 4.86. The monoisotopic (exact) mass is 502 g/mol. The number of aryl methyl sites for hydroxylation is 2. The van der Waals surface area contributed by atoms with E-state index in [0.29, 0.717) is 48.8 Å². The van der Waals surface area contributed by atoms with Crippen LogP contribution in [0.2, 0.25) is 0 Å². The van der Waals surface area contributed by atoms with Crippen molar-refractivity contribution in [3.8, 4) is 22.8 Å². The highest BCUT2D eigenvalue weighted by Gasteiger charge is 2.31. The third kappa shape index (κ3) is 4.39. The Morgan fingerprint density at radius 3 is 2.60 bits per heavy atom. The van der Waals surface area contributed by atoms with Crippen LogP contribution in [0, 0.1) is 12.7 Å². The van der Waals surface area contributed by atoms with E-state index < -0.39 is 10.1 Å². The highest BCUT2D eigenvalue weighted by atomic mass is 32.2. The number of ether oxygens (including phenoxy) is 2. The van der Waals surface area contributed by atoms with Gasteiger partial charge in [-0.25, -0.2) is 4.39 Å². The quantitative estimate of drug-likeness (QED) is 0.377. The van der Waals surface area contributed by atoms with Crippen LogP contribution in [0.5, 0.6) is 11.5 Å². The average molecular weight is 503 g/mol. The van der Waals surface area contributed by atoms with Crippen LogP contribution in [0.4, 0.5) is 10.2 Å². The molecule has 5 heterocycles. The Kier molecular flexibility index (Phi) is 5.60. The van der Waals surface area contributed by atoms with E-state index in [1.54, 1.807) is 12.4 Å². The first-order valence-electron chi connectivity index (χ1n) is 10.7. The van der Waals surface area contributed by atoms with E-state index in [9.17, 15) is 12.8 Å². The first-order valence-corrected chi connectivity index (χ1v) is 12.6. The van der Waals surface area contributed by atoms with Gasteiger partial charge < -0.3 is 14.8 Å². The molecule has 6 rings (SSSR count). The lowest BCUT2D eigenvalue weighted by Gasteiger charge is -2.16. The third-order valence-electron chi connectivity index (χ3n) is 5.80. The molecular weight excluding hydrogens is 479 g/mol. The fraction of sp³-hybridized carbons (Fsp3) is 0.318. The molecule has 0 unspecified atom stereocenters. The Hall–Kier alpha value is -3.71. The molecule has 184 valence electrons. The van der Waals surface area contributed by atoms with Crippen molar-refractivity contribution in [2.45, 2.75) is 19.4 Å². The van der Waals surface area contributed by atoms with Crippen molar-refractivity contribution < 1.29 is 26.8 Å². The number of pyridine rings is 1. The molecule has 2 N–H and O–H groups in total. The van der Waals surface area contributed by atoms with Crippen LogP contribution in [0.25, 0.3) is 16.9 Å². The first-order chi connectivity index (χ1) is 16.6. The molecule has 0 saturated heterocycles. The molecule has 35 heavy (non-hydrogen) atoms. The van der Waals surface area contributed by atoms with Gasteiger partial charge in [-0.3, -0.25) is 13.6 Å². The van der Waals surface area contributed by atoms with Crippen LogP contribution in [-0.4, -0.2) is 56.8 Å². The van der Waals surface area contributed by atoms with E-state index >= 15 is 0 Å². The Morgan fingerprint density at radius 2 is 1.91 bits per heavy atom. The summed E-state index contributed by atoms with van der Waals surface area (Å²) in [6.07, 6.45) is 2.35. The minimum Gasteiger partial charge on any atom is -0.493 e. The van der Waals surface area contributed by atoms with E-state index in [2.05, 4.69) is 20.6 Å². The van der Waals surface area contributed by atoms with E-state index in [0.717, 1.165) is 28.3 Å². The van der Waals surface area contributed by atoms with Crippen molar-refractivity contribution in [2.75, 3.05) is 24.8 Å². The number of aromatic nitrogens is 5. The lowest BCUT2D eigenvalue weighted by molar-refractivity contribution is 0.249. The van der Waals surface area contributed by atoms with E-state index in [1.165, 1.54) is 6.07 Å². The normalized spacial score (nSPS) is 16.4. The zero-order chi connectivity index (χ0) is 24.9. The summed E-state index contributed by atoms with van der Waals surface area (Å²) < 4.78 is 56.2. The van der Waals surface area contributed by atoms with Gasteiger partial charge in [0.2, 0.25) is 0 Å². The van der Waals surface area contributed by atoms with Gasteiger partial charge in [-0.05, 0) is 31.2 Å². The molecule has 1 aromatic carbocycles. The van der Waals surface area contributed by atoms with Gasteiger partial charge in [0.1, 0.15) is 17.9 Å². The number of benzene rings is 1. The second kappa shape index (κ2) is 8.50. The van der Waals surface area contributed by atoms with Gasteiger partial charge in [-0.2, -0.15) is 13.5 Å². The van der Waals surface area contributed by atoms with Crippen LogP contribution in [0.15, 0.2) is 30.6 Å². The summed E-state index contributed by atoms with van der Waals surface area (Å²) >= 11 is 0. The number of fused-ring (bicyclic) bond motifs is 3. The van der Waals surface area contributed by atoms with Gasteiger partial charge in [0.15, 0.2) is 17.2 Å². The average Bonchev–Trinajstić information content (AvgIpc) is 3.49. The van der Waals surface area contributed by atoms with Gasteiger partial charge in [-0.15, -0.1) is 10.2 Å². The maximum absolute atomic E-state index is 14.7. The van der Waals surface area contributed by atoms with Crippen LogP contribution in [-0.2, 0) is 23.7 Å². The van der Waals surface area contributed by atoms with Crippen molar-refractivity contribution >= 4 is 21.6 Å². The standard InChI is InChI=1S/C21H19FN6O2.CH4O3S/c1-11-5-16(27(2)26-11)13-6-18-21(28-10-24-25-20(13)28)23-7-14-15(22)3-4-17-19(14)12(8-29-17)9-30-18;1-5(2,3)4/h3-6,10,12,23H,7-9H2,1-2H3;1H3,(H,2,3,4)/t12-;/m0./s1. The predicted octanol–water partition coefficient (Wildman–Crippen LogP) is 2.56. The molecule has 0 radical (unpaired) electrons. The van der Waals surface area contributed by atoms with Crippen molar-refractivity contribution in [3.63, 3.8) is 0 Å². The molecule has 0 amide bonds. The number of halogens is 1. The van der Waals surface area contributed by atoms with Crippen LogP contribution < -0.4 is 14.8 Å². The lowest BCUT2D eigenvalue weighted by Crippen LogP contribution is -2.13. The number of hydrogen-bond acceptors (Lipinski definition) is 8. The van der Waals surface area contributed by atoms with Crippen LogP contribution >= 0.6 is 0 Å². The summed E-state index contributed by atoms with van der Waals surface area (Å²) in [4.78, 5) is 0. The fourth-order valence-corrected chi connectivity index (χ4v) is 4.44. The van der Waals surface area contributed by atoms with Gasteiger partial charge in [0.05, 0.1) is 36.8 Å². The van der Waals surface area contributed by atoms with Crippen molar-refractivity contribution in [1.29, 1.82) is 0 Å². The van der Waals surface area contributed by atoms with Gasteiger partial charge in [0, 0.05) is 30.3 Å². The van der Waals surface area contributed by atoms with Gasteiger partial charge in [0.25, 0.3) is 10.1 Å². The number of nitrogens with one attached hydrogen (secondary N) is 1. The van der Waals surface area contributed by atoms with E-state index in [-0.39, 0.29) is 11.7 Å². The minimum atomic E-state index is -3.67. The molecule has 0 saturated carbocycles. The maximum Gasteiger partial charge on any atom is 0.261 e. The molecule has 4 aromatic rings. The van der Waals surface area contributed by atoms with Crippen LogP contribution in [0.1, 0.15) is 22.7 Å². The summed E-state index contributed by atoms with van der Waals surface area (Å²) in [7, 11) is -1.77.